The number of aromatic amines is 1. The molecule has 0 fully saturated rings. The highest BCUT2D eigenvalue weighted by Crippen LogP contribution is 2.24. The molecule has 0 saturated carbocycles. The fourth-order valence-corrected chi connectivity index (χ4v) is 2.21. The topological polar surface area (TPSA) is 56.6 Å². The number of benzene rings is 2. The Morgan fingerprint density at radius 1 is 1.15 bits per heavy atom. The Balaban J connectivity index is 2.18. The Labute approximate surface area is 114 Å². The van der Waals surface area contributed by atoms with Crippen LogP contribution in [0.3, 0.4) is 0 Å². The zero-order valence-corrected chi connectivity index (χ0v) is 10.4. The number of nitriles is 1. The number of fused-ring (bicyclic) bond motifs is 1. The van der Waals surface area contributed by atoms with Crippen molar-refractivity contribution in [3.05, 3.63) is 71.2 Å². The van der Waals surface area contributed by atoms with Gasteiger partial charge in [0.2, 0.25) is 0 Å². The molecular formula is C16H9FN2O. The van der Waals surface area contributed by atoms with E-state index >= 15 is 0 Å². The van der Waals surface area contributed by atoms with Gasteiger partial charge in [-0.3, -0.25) is 4.79 Å². The van der Waals surface area contributed by atoms with Crippen molar-refractivity contribution in [2.45, 2.75) is 0 Å². The molecular weight excluding hydrogens is 255 g/mol. The summed E-state index contributed by atoms with van der Waals surface area (Å²) < 4.78 is 12.9. The van der Waals surface area contributed by atoms with Crippen LogP contribution in [0.5, 0.6) is 0 Å². The Morgan fingerprint density at radius 2 is 1.90 bits per heavy atom. The molecule has 0 aliphatic rings. The van der Waals surface area contributed by atoms with Gasteiger partial charge in [-0.05, 0) is 36.4 Å². The standard InChI is InChI=1S/C16H9FN2O/c17-12-6-4-10(5-7-12)16(20)13-9-19-14-3-1-2-11(8-18)15(13)14/h1-7,9,19H. The van der Waals surface area contributed by atoms with Gasteiger partial charge < -0.3 is 4.98 Å². The van der Waals surface area contributed by atoms with Gasteiger partial charge in [-0.1, -0.05) is 6.07 Å². The molecule has 4 heteroatoms. The largest absolute Gasteiger partial charge is 0.360 e. The lowest BCUT2D eigenvalue weighted by Crippen LogP contribution is -2.00. The van der Waals surface area contributed by atoms with Crippen LogP contribution in [0.25, 0.3) is 10.9 Å². The fourth-order valence-electron chi connectivity index (χ4n) is 2.21. The molecule has 20 heavy (non-hydrogen) atoms. The van der Waals surface area contributed by atoms with Crippen molar-refractivity contribution < 1.29 is 9.18 Å². The van der Waals surface area contributed by atoms with E-state index in [0.29, 0.717) is 22.1 Å². The second-order valence-corrected chi connectivity index (χ2v) is 4.38. The molecule has 0 spiro atoms. The van der Waals surface area contributed by atoms with Crippen molar-refractivity contribution in [2.75, 3.05) is 0 Å². The predicted octanol–water partition coefficient (Wildman–Crippen LogP) is 3.41. The molecule has 0 amide bonds. The van der Waals surface area contributed by atoms with E-state index in [-0.39, 0.29) is 5.78 Å². The number of rotatable bonds is 2. The van der Waals surface area contributed by atoms with Gasteiger partial charge in [0.1, 0.15) is 5.82 Å². The maximum absolute atomic E-state index is 12.9. The van der Waals surface area contributed by atoms with E-state index in [1.165, 1.54) is 24.3 Å². The van der Waals surface area contributed by atoms with Crippen molar-refractivity contribution in [1.82, 2.24) is 4.98 Å². The molecule has 3 nitrogen and oxygen atoms in total. The second-order valence-electron chi connectivity index (χ2n) is 4.38. The average molecular weight is 264 g/mol. The van der Waals surface area contributed by atoms with E-state index in [9.17, 15) is 9.18 Å². The predicted molar refractivity (Wildman–Crippen MR) is 72.8 cm³/mol. The Hall–Kier alpha value is -2.93. The summed E-state index contributed by atoms with van der Waals surface area (Å²) in [6, 6.07) is 12.7. The Kier molecular flexibility index (Phi) is 2.81. The minimum absolute atomic E-state index is 0.237. The van der Waals surface area contributed by atoms with Crippen LogP contribution in [0.1, 0.15) is 21.5 Å². The fraction of sp³-hybridized carbons (Fsp3) is 0. The smallest absolute Gasteiger partial charge is 0.195 e. The van der Waals surface area contributed by atoms with E-state index in [0.717, 1.165) is 5.52 Å². The highest BCUT2D eigenvalue weighted by Gasteiger charge is 2.16. The van der Waals surface area contributed by atoms with Crippen molar-refractivity contribution >= 4 is 16.7 Å². The monoisotopic (exact) mass is 264 g/mol. The van der Waals surface area contributed by atoms with Gasteiger partial charge in [0.05, 0.1) is 11.6 Å². The van der Waals surface area contributed by atoms with Gasteiger partial charge in [0.25, 0.3) is 0 Å². The van der Waals surface area contributed by atoms with Crippen LogP contribution >= 0.6 is 0 Å². The van der Waals surface area contributed by atoms with Crippen molar-refractivity contribution in [2.24, 2.45) is 0 Å². The molecule has 3 rings (SSSR count). The Bertz CT molecular complexity index is 841. The van der Waals surface area contributed by atoms with Crippen LogP contribution in [0, 0.1) is 17.1 Å². The van der Waals surface area contributed by atoms with E-state index < -0.39 is 5.82 Å². The van der Waals surface area contributed by atoms with Gasteiger partial charge in [-0.25, -0.2) is 4.39 Å². The summed E-state index contributed by atoms with van der Waals surface area (Å²) in [7, 11) is 0. The molecule has 0 unspecified atom stereocenters. The summed E-state index contributed by atoms with van der Waals surface area (Å²) in [5.74, 6) is -0.628. The maximum atomic E-state index is 12.9. The Morgan fingerprint density at radius 3 is 2.60 bits per heavy atom. The van der Waals surface area contributed by atoms with Crippen molar-refractivity contribution in [3.8, 4) is 6.07 Å². The first-order valence-corrected chi connectivity index (χ1v) is 6.01. The van der Waals surface area contributed by atoms with Gasteiger partial charge in [-0.15, -0.1) is 0 Å². The maximum Gasteiger partial charge on any atom is 0.195 e. The first-order valence-electron chi connectivity index (χ1n) is 6.01. The van der Waals surface area contributed by atoms with Crippen LogP contribution < -0.4 is 0 Å². The summed E-state index contributed by atoms with van der Waals surface area (Å²) >= 11 is 0. The number of nitrogens with one attached hydrogen (secondary N) is 1. The van der Waals surface area contributed by atoms with Gasteiger partial charge in [0, 0.05) is 28.2 Å². The van der Waals surface area contributed by atoms with Crippen molar-refractivity contribution in [3.63, 3.8) is 0 Å². The number of halogens is 1. The lowest BCUT2D eigenvalue weighted by molar-refractivity contribution is 0.104. The molecule has 1 aromatic heterocycles. The second kappa shape index (κ2) is 4.63. The van der Waals surface area contributed by atoms with Gasteiger partial charge in [-0.2, -0.15) is 5.26 Å². The van der Waals surface area contributed by atoms with E-state index in [1.54, 1.807) is 24.4 Å². The highest BCUT2D eigenvalue weighted by atomic mass is 19.1. The highest BCUT2D eigenvalue weighted by molar-refractivity contribution is 6.17. The number of carbonyl (C=O) groups excluding carboxylic acids is 1. The first kappa shape index (κ1) is 12.1. The van der Waals surface area contributed by atoms with Crippen LogP contribution in [0.2, 0.25) is 0 Å². The molecule has 3 aromatic rings. The summed E-state index contributed by atoms with van der Waals surface area (Å²) in [5, 5.41) is 9.74. The first-order chi connectivity index (χ1) is 9.70. The third kappa shape index (κ3) is 1.86. The quantitative estimate of drug-likeness (QED) is 0.721. The third-order valence-electron chi connectivity index (χ3n) is 3.18. The van der Waals surface area contributed by atoms with Crippen LogP contribution in [0.15, 0.2) is 48.7 Å². The molecule has 2 aromatic carbocycles. The zero-order valence-electron chi connectivity index (χ0n) is 10.4. The molecule has 0 aliphatic carbocycles. The molecule has 0 atom stereocenters. The van der Waals surface area contributed by atoms with E-state index in [4.69, 9.17) is 5.26 Å². The van der Waals surface area contributed by atoms with Gasteiger partial charge in [0.15, 0.2) is 5.78 Å². The van der Waals surface area contributed by atoms with Crippen LogP contribution in [-0.4, -0.2) is 10.8 Å². The van der Waals surface area contributed by atoms with Gasteiger partial charge >= 0.3 is 0 Å². The minimum Gasteiger partial charge on any atom is -0.360 e. The molecule has 0 bridgehead atoms. The van der Waals surface area contributed by atoms with Crippen molar-refractivity contribution in [1.29, 1.82) is 5.26 Å². The molecule has 0 saturated heterocycles. The lowest BCUT2D eigenvalue weighted by atomic mass is 10.00. The molecule has 0 aliphatic heterocycles. The molecule has 96 valence electrons. The number of H-pyrrole nitrogens is 1. The summed E-state index contributed by atoms with van der Waals surface area (Å²) in [5.41, 5.74) is 1.98. The number of aromatic nitrogens is 1. The lowest BCUT2D eigenvalue weighted by Gasteiger charge is -2.01. The van der Waals surface area contributed by atoms with E-state index in [1.807, 2.05) is 0 Å². The number of hydrogen-bond donors (Lipinski definition) is 1. The molecule has 0 radical (unpaired) electrons. The zero-order chi connectivity index (χ0) is 14.1. The average Bonchev–Trinajstić information content (AvgIpc) is 2.91. The van der Waals surface area contributed by atoms with Crippen LogP contribution in [-0.2, 0) is 0 Å². The number of hydrogen-bond acceptors (Lipinski definition) is 2. The normalized spacial score (nSPS) is 10.4. The minimum atomic E-state index is -0.391. The van der Waals surface area contributed by atoms with E-state index in [2.05, 4.69) is 11.1 Å². The summed E-state index contributed by atoms with van der Waals surface area (Å²) in [6.45, 7) is 0. The molecule has 1 heterocycles. The third-order valence-corrected chi connectivity index (χ3v) is 3.18. The number of carbonyl (C=O) groups is 1. The summed E-state index contributed by atoms with van der Waals surface area (Å²) in [6.07, 6.45) is 1.58. The number of ketones is 1. The summed E-state index contributed by atoms with van der Waals surface area (Å²) in [4.78, 5) is 15.4. The molecule has 1 N–H and O–H groups in total. The van der Waals surface area contributed by atoms with Crippen LogP contribution in [0.4, 0.5) is 4.39 Å². The number of nitrogens with zero attached hydrogens (tertiary/aromatic N) is 1. The SMILES string of the molecule is N#Cc1cccc2[nH]cc(C(=O)c3ccc(F)cc3)c12.